The van der Waals surface area contributed by atoms with Crippen LogP contribution in [0.1, 0.15) is 25.3 Å². The van der Waals surface area contributed by atoms with Gasteiger partial charge in [-0.3, -0.25) is 0 Å². The molecule has 1 aromatic carbocycles. The summed E-state index contributed by atoms with van der Waals surface area (Å²) in [4.78, 5) is 12.5. The average Bonchev–Trinajstić information content (AvgIpc) is 2.60. The number of nitriles is 1. The summed E-state index contributed by atoms with van der Waals surface area (Å²) in [7, 11) is 3.02. The number of carbonyl (C=O) groups is 1. The minimum Gasteiger partial charge on any atom is -0.493 e. The van der Waals surface area contributed by atoms with Gasteiger partial charge in [-0.15, -0.1) is 0 Å². The molecule has 8 heteroatoms. The Hall–Kier alpha value is -2.66. The molecule has 2 N–H and O–H groups in total. The number of halogens is 1. The maximum absolute atomic E-state index is 12.5. The van der Waals surface area contributed by atoms with Gasteiger partial charge in [0, 0.05) is 0 Å². The minimum absolute atomic E-state index is 0.0473. The quantitative estimate of drug-likeness (QED) is 0.726. The van der Waals surface area contributed by atoms with Gasteiger partial charge in [0.05, 0.1) is 36.8 Å². The second-order valence-corrected chi connectivity index (χ2v) is 6.21. The van der Waals surface area contributed by atoms with Gasteiger partial charge in [0.1, 0.15) is 17.4 Å². The Balaban J connectivity index is 2.72. The fourth-order valence-corrected chi connectivity index (χ4v) is 3.41. The van der Waals surface area contributed by atoms with Gasteiger partial charge in [0.25, 0.3) is 0 Å². The first kappa shape index (κ1) is 19.7. The molecule has 1 aliphatic heterocycles. The minimum atomic E-state index is -0.746. The molecule has 0 radical (unpaired) electrons. The number of esters is 1. The molecule has 0 unspecified atom stereocenters. The Labute approximate surface area is 160 Å². The molecule has 0 spiro atoms. The van der Waals surface area contributed by atoms with E-state index in [4.69, 9.17) is 24.7 Å². The summed E-state index contributed by atoms with van der Waals surface area (Å²) in [6, 6.07) is 5.47. The number of carbonyl (C=O) groups excluding carboxylic acids is 1. The first-order valence-corrected chi connectivity index (χ1v) is 8.55. The maximum Gasteiger partial charge on any atom is 0.338 e. The molecule has 138 valence electrons. The number of hydrogen-bond donors (Lipinski definition) is 1. The van der Waals surface area contributed by atoms with E-state index in [-0.39, 0.29) is 29.4 Å². The summed E-state index contributed by atoms with van der Waals surface area (Å²) >= 11 is 3.43. The number of ether oxygens (including phenoxy) is 4. The lowest BCUT2D eigenvalue weighted by atomic mass is 9.83. The third-order valence-corrected chi connectivity index (χ3v) is 4.48. The Kier molecular flexibility index (Phi) is 6.16. The first-order chi connectivity index (χ1) is 12.4. The second kappa shape index (κ2) is 8.15. The molecule has 0 saturated carbocycles. The number of methoxy groups -OCH3 is 2. The molecule has 0 aliphatic carbocycles. The van der Waals surface area contributed by atoms with Crippen LogP contribution in [0.2, 0.25) is 0 Å². The molecule has 0 aromatic heterocycles. The van der Waals surface area contributed by atoms with Crippen LogP contribution in [0.4, 0.5) is 0 Å². The highest BCUT2D eigenvalue weighted by Crippen LogP contribution is 2.44. The zero-order valence-corrected chi connectivity index (χ0v) is 16.5. The molecule has 0 fully saturated rings. The summed E-state index contributed by atoms with van der Waals surface area (Å²) in [5.41, 5.74) is 6.84. The monoisotopic (exact) mass is 422 g/mol. The molecule has 1 aromatic rings. The van der Waals surface area contributed by atoms with Gasteiger partial charge in [0.15, 0.2) is 11.5 Å². The van der Waals surface area contributed by atoms with Crippen LogP contribution in [-0.2, 0) is 14.3 Å². The Morgan fingerprint density at radius 2 is 2.08 bits per heavy atom. The number of benzene rings is 1. The Bertz CT molecular complexity index is 839. The van der Waals surface area contributed by atoms with Crippen LogP contribution in [0.25, 0.3) is 0 Å². The second-order valence-electron chi connectivity index (χ2n) is 5.35. The van der Waals surface area contributed by atoms with Crippen LogP contribution in [0.15, 0.2) is 39.4 Å². The zero-order valence-electron chi connectivity index (χ0n) is 14.9. The third-order valence-electron chi connectivity index (χ3n) is 3.89. The average molecular weight is 423 g/mol. The predicted molar refractivity (Wildman–Crippen MR) is 97.2 cm³/mol. The van der Waals surface area contributed by atoms with Crippen LogP contribution in [0, 0.1) is 11.3 Å². The molecule has 7 nitrogen and oxygen atoms in total. The van der Waals surface area contributed by atoms with Crippen molar-refractivity contribution in [3.8, 4) is 17.6 Å². The summed E-state index contributed by atoms with van der Waals surface area (Å²) < 4.78 is 21.8. The van der Waals surface area contributed by atoms with E-state index < -0.39 is 11.9 Å². The van der Waals surface area contributed by atoms with Gasteiger partial charge < -0.3 is 24.7 Å². The van der Waals surface area contributed by atoms with Crippen molar-refractivity contribution >= 4 is 21.9 Å². The van der Waals surface area contributed by atoms with E-state index in [0.29, 0.717) is 21.5 Å². The van der Waals surface area contributed by atoms with Crippen LogP contribution in [0.5, 0.6) is 11.5 Å². The first-order valence-electron chi connectivity index (χ1n) is 7.76. The van der Waals surface area contributed by atoms with E-state index in [1.54, 1.807) is 26.0 Å². The fourth-order valence-electron chi connectivity index (χ4n) is 2.79. The van der Waals surface area contributed by atoms with Crippen molar-refractivity contribution < 1.29 is 23.7 Å². The molecule has 1 aliphatic rings. The van der Waals surface area contributed by atoms with Gasteiger partial charge in [-0.1, -0.05) is 0 Å². The van der Waals surface area contributed by atoms with E-state index in [9.17, 15) is 10.1 Å². The summed E-state index contributed by atoms with van der Waals surface area (Å²) in [6.45, 7) is 3.50. The smallest absolute Gasteiger partial charge is 0.338 e. The van der Waals surface area contributed by atoms with Crippen molar-refractivity contribution in [3.63, 3.8) is 0 Å². The highest BCUT2D eigenvalue weighted by molar-refractivity contribution is 9.10. The molecule has 0 amide bonds. The number of hydrogen-bond acceptors (Lipinski definition) is 7. The van der Waals surface area contributed by atoms with Gasteiger partial charge >= 0.3 is 5.97 Å². The predicted octanol–water partition coefficient (Wildman–Crippen LogP) is 3.11. The zero-order chi connectivity index (χ0) is 19.4. The highest BCUT2D eigenvalue weighted by atomic mass is 79.9. The number of allylic oxidation sites excluding steroid dienone is 2. The number of nitrogens with zero attached hydrogens (tertiary/aromatic N) is 1. The third kappa shape index (κ3) is 3.48. The highest BCUT2D eigenvalue weighted by Gasteiger charge is 2.37. The molecule has 1 heterocycles. The van der Waals surface area contributed by atoms with E-state index in [2.05, 4.69) is 15.9 Å². The number of nitrogens with two attached hydrogens (primary N) is 1. The molecule has 1 atom stereocenters. The van der Waals surface area contributed by atoms with Gasteiger partial charge in [-0.2, -0.15) is 5.26 Å². The molecule has 2 rings (SSSR count). The summed E-state index contributed by atoms with van der Waals surface area (Å²) in [6.07, 6.45) is 0. The normalized spacial score (nSPS) is 16.7. The standard InChI is InChI=1S/C18H19BrN2O5/c1-5-25-18(22)14-9(2)26-17(21)11(8-20)15(14)10-6-12(19)16(24-4)13(7-10)23-3/h6-7,15H,5,21H2,1-4H3/t15-/m0/s1. The van der Waals surface area contributed by atoms with Crippen molar-refractivity contribution in [1.29, 1.82) is 5.26 Å². The van der Waals surface area contributed by atoms with Crippen molar-refractivity contribution in [1.82, 2.24) is 0 Å². The van der Waals surface area contributed by atoms with Gasteiger partial charge in [0.2, 0.25) is 5.88 Å². The van der Waals surface area contributed by atoms with Crippen LogP contribution in [-0.4, -0.2) is 26.8 Å². The molecule has 0 saturated heterocycles. The Morgan fingerprint density at radius 3 is 2.62 bits per heavy atom. The van der Waals surface area contributed by atoms with Crippen molar-refractivity contribution in [2.24, 2.45) is 5.73 Å². The van der Waals surface area contributed by atoms with Gasteiger partial charge in [-0.05, 0) is 47.5 Å². The molecule has 26 heavy (non-hydrogen) atoms. The molecule has 0 bridgehead atoms. The lowest BCUT2D eigenvalue weighted by molar-refractivity contribution is -0.139. The van der Waals surface area contributed by atoms with E-state index in [1.165, 1.54) is 14.2 Å². The summed E-state index contributed by atoms with van der Waals surface area (Å²) in [5, 5.41) is 9.60. The molecular weight excluding hydrogens is 404 g/mol. The number of rotatable bonds is 5. The van der Waals surface area contributed by atoms with Crippen LogP contribution in [0.3, 0.4) is 0 Å². The van der Waals surface area contributed by atoms with E-state index in [0.717, 1.165) is 0 Å². The van der Waals surface area contributed by atoms with E-state index in [1.807, 2.05) is 6.07 Å². The Morgan fingerprint density at radius 1 is 1.38 bits per heavy atom. The van der Waals surface area contributed by atoms with Crippen molar-refractivity contribution in [3.05, 3.63) is 45.0 Å². The summed E-state index contributed by atoms with van der Waals surface area (Å²) in [5.74, 6) is -0.132. The lowest BCUT2D eigenvalue weighted by Crippen LogP contribution is -2.25. The topological polar surface area (TPSA) is 104 Å². The van der Waals surface area contributed by atoms with Crippen LogP contribution < -0.4 is 15.2 Å². The van der Waals surface area contributed by atoms with Crippen molar-refractivity contribution in [2.45, 2.75) is 19.8 Å². The SMILES string of the molecule is CCOC(=O)C1=C(C)OC(N)=C(C#N)[C@@H]1c1cc(Br)c(OC)c(OC)c1. The fraction of sp³-hybridized carbons (Fsp3) is 0.333. The maximum atomic E-state index is 12.5. The van der Waals surface area contributed by atoms with Crippen molar-refractivity contribution in [2.75, 3.05) is 20.8 Å². The largest absolute Gasteiger partial charge is 0.493 e. The van der Waals surface area contributed by atoms with Crippen LogP contribution >= 0.6 is 15.9 Å². The van der Waals surface area contributed by atoms with E-state index >= 15 is 0 Å². The molecular formula is C18H19BrN2O5. The van der Waals surface area contributed by atoms with Gasteiger partial charge in [-0.25, -0.2) is 4.79 Å². The lowest BCUT2D eigenvalue weighted by Gasteiger charge is -2.27.